The molecule has 0 radical (unpaired) electrons. The van der Waals surface area contributed by atoms with Crippen LogP contribution in [0.4, 0.5) is 15.8 Å². The average molecular weight is 345 g/mol. The third kappa shape index (κ3) is 4.43. The number of hydrogen-bond donors (Lipinski definition) is 2. The highest BCUT2D eigenvalue weighted by atomic mass is 32.1. The van der Waals surface area contributed by atoms with Crippen LogP contribution >= 0.6 is 12.2 Å². The Labute approximate surface area is 146 Å². The summed E-state index contributed by atoms with van der Waals surface area (Å²) in [6.45, 7) is 3.99. The van der Waals surface area contributed by atoms with Crippen LogP contribution in [-0.2, 0) is 11.3 Å². The van der Waals surface area contributed by atoms with Crippen molar-refractivity contribution in [1.82, 2.24) is 5.32 Å². The molecule has 6 heteroatoms. The van der Waals surface area contributed by atoms with Gasteiger partial charge in [0.15, 0.2) is 5.11 Å². The smallest absolute Gasteiger partial charge is 0.171 e. The lowest BCUT2D eigenvalue weighted by Gasteiger charge is -2.28. The predicted octanol–water partition coefficient (Wildman–Crippen LogP) is 3.15. The SMILES string of the molecule is Fc1ccccc1NC(=S)NCc1ccc(N2CCOCC2)cc1. The zero-order valence-electron chi connectivity index (χ0n) is 13.3. The van der Waals surface area contributed by atoms with Crippen molar-refractivity contribution < 1.29 is 9.13 Å². The monoisotopic (exact) mass is 345 g/mol. The van der Waals surface area contributed by atoms with Gasteiger partial charge in [0.25, 0.3) is 0 Å². The van der Waals surface area contributed by atoms with Crippen LogP contribution < -0.4 is 15.5 Å². The number of rotatable bonds is 4. The van der Waals surface area contributed by atoms with E-state index in [0.29, 0.717) is 17.3 Å². The summed E-state index contributed by atoms with van der Waals surface area (Å²) < 4.78 is 18.9. The summed E-state index contributed by atoms with van der Waals surface area (Å²) >= 11 is 5.21. The van der Waals surface area contributed by atoms with E-state index in [2.05, 4.69) is 39.8 Å². The number of hydrogen-bond acceptors (Lipinski definition) is 3. The molecule has 3 rings (SSSR count). The third-order valence-corrected chi connectivity index (χ3v) is 4.13. The first kappa shape index (κ1) is 16.7. The molecule has 0 bridgehead atoms. The van der Waals surface area contributed by atoms with Crippen LogP contribution in [0.3, 0.4) is 0 Å². The molecule has 1 aliphatic heterocycles. The molecule has 2 N–H and O–H groups in total. The van der Waals surface area contributed by atoms with Crippen LogP contribution in [0.25, 0.3) is 0 Å². The van der Waals surface area contributed by atoms with Gasteiger partial charge in [-0.3, -0.25) is 0 Å². The molecule has 0 atom stereocenters. The van der Waals surface area contributed by atoms with E-state index in [1.807, 2.05) is 0 Å². The Morgan fingerprint density at radius 3 is 2.50 bits per heavy atom. The fraction of sp³-hybridized carbons (Fsp3) is 0.278. The minimum Gasteiger partial charge on any atom is -0.378 e. The Morgan fingerprint density at radius 2 is 1.79 bits per heavy atom. The highest BCUT2D eigenvalue weighted by molar-refractivity contribution is 7.80. The van der Waals surface area contributed by atoms with Gasteiger partial charge in [0, 0.05) is 25.3 Å². The molecule has 1 saturated heterocycles. The maximum Gasteiger partial charge on any atom is 0.171 e. The minimum absolute atomic E-state index is 0.323. The van der Waals surface area contributed by atoms with Gasteiger partial charge in [-0.15, -0.1) is 0 Å². The second kappa shape index (κ2) is 8.08. The number of benzene rings is 2. The summed E-state index contributed by atoms with van der Waals surface area (Å²) in [6.07, 6.45) is 0. The summed E-state index contributed by atoms with van der Waals surface area (Å²) in [7, 11) is 0. The summed E-state index contributed by atoms with van der Waals surface area (Å²) in [5.41, 5.74) is 2.69. The molecule has 4 nitrogen and oxygen atoms in total. The molecule has 126 valence electrons. The van der Waals surface area contributed by atoms with Crippen molar-refractivity contribution >= 4 is 28.7 Å². The van der Waals surface area contributed by atoms with Crippen molar-refractivity contribution in [3.8, 4) is 0 Å². The van der Waals surface area contributed by atoms with Crippen molar-refractivity contribution in [3.63, 3.8) is 0 Å². The fourth-order valence-electron chi connectivity index (χ4n) is 2.56. The van der Waals surface area contributed by atoms with E-state index in [4.69, 9.17) is 17.0 Å². The van der Waals surface area contributed by atoms with Crippen LogP contribution in [0.15, 0.2) is 48.5 Å². The van der Waals surface area contributed by atoms with Gasteiger partial charge in [0.05, 0.1) is 18.9 Å². The van der Waals surface area contributed by atoms with E-state index in [1.165, 1.54) is 11.8 Å². The van der Waals surface area contributed by atoms with Gasteiger partial charge in [-0.05, 0) is 42.0 Å². The zero-order valence-corrected chi connectivity index (χ0v) is 14.1. The Morgan fingerprint density at radius 1 is 1.08 bits per heavy atom. The molecule has 1 heterocycles. The van der Waals surface area contributed by atoms with Crippen LogP contribution in [0.5, 0.6) is 0 Å². The molecule has 0 unspecified atom stereocenters. The van der Waals surface area contributed by atoms with Crippen molar-refractivity contribution in [2.24, 2.45) is 0 Å². The molecular weight excluding hydrogens is 325 g/mol. The number of para-hydroxylation sites is 1. The Balaban J connectivity index is 1.51. The summed E-state index contributed by atoms with van der Waals surface area (Å²) in [4.78, 5) is 2.31. The van der Waals surface area contributed by atoms with Gasteiger partial charge in [0.2, 0.25) is 0 Å². The summed E-state index contributed by atoms with van der Waals surface area (Å²) in [6, 6.07) is 14.8. The minimum atomic E-state index is -0.323. The van der Waals surface area contributed by atoms with E-state index in [0.717, 1.165) is 31.9 Å². The van der Waals surface area contributed by atoms with Crippen LogP contribution in [-0.4, -0.2) is 31.4 Å². The van der Waals surface area contributed by atoms with Gasteiger partial charge in [-0.2, -0.15) is 0 Å². The van der Waals surface area contributed by atoms with Crippen LogP contribution in [0.1, 0.15) is 5.56 Å². The molecule has 0 saturated carbocycles. The number of anilines is 2. The van der Waals surface area contributed by atoms with Gasteiger partial charge in [-0.25, -0.2) is 4.39 Å². The largest absolute Gasteiger partial charge is 0.378 e. The maximum atomic E-state index is 13.6. The molecular formula is C18H20FN3OS. The Kier molecular flexibility index (Phi) is 5.61. The van der Waals surface area contributed by atoms with E-state index < -0.39 is 0 Å². The molecule has 1 fully saturated rings. The number of thiocarbonyl (C=S) groups is 1. The molecule has 0 spiro atoms. The number of nitrogens with one attached hydrogen (secondary N) is 2. The normalized spacial score (nSPS) is 14.3. The molecule has 0 aromatic heterocycles. The molecule has 2 aromatic carbocycles. The number of nitrogens with zero attached hydrogens (tertiary/aromatic N) is 1. The third-order valence-electron chi connectivity index (χ3n) is 3.89. The number of morpholine rings is 1. The quantitative estimate of drug-likeness (QED) is 0.833. The second-order valence-corrected chi connectivity index (χ2v) is 5.96. The first-order valence-electron chi connectivity index (χ1n) is 7.93. The fourth-order valence-corrected chi connectivity index (χ4v) is 2.74. The lowest BCUT2D eigenvalue weighted by atomic mass is 10.2. The van der Waals surface area contributed by atoms with Crippen LogP contribution in [0.2, 0.25) is 0 Å². The second-order valence-electron chi connectivity index (χ2n) is 5.55. The van der Waals surface area contributed by atoms with Gasteiger partial charge in [0.1, 0.15) is 5.82 Å². The first-order valence-corrected chi connectivity index (χ1v) is 8.34. The van der Waals surface area contributed by atoms with E-state index in [1.54, 1.807) is 18.2 Å². The Bertz CT molecular complexity index is 687. The maximum absolute atomic E-state index is 13.6. The Hall–Kier alpha value is -2.18. The van der Waals surface area contributed by atoms with E-state index >= 15 is 0 Å². The standard InChI is InChI=1S/C18H20FN3OS/c19-16-3-1-2-4-17(16)21-18(24)20-13-14-5-7-15(8-6-14)22-9-11-23-12-10-22/h1-8H,9-13H2,(H2,20,21,24). The van der Waals surface area contributed by atoms with Crippen LogP contribution in [0, 0.1) is 5.82 Å². The van der Waals surface area contributed by atoms with E-state index in [9.17, 15) is 4.39 Å². The lowest BCUT2D eigenvalue weighted by Crippen LogP contribution is -2.36. The van der Waals surface area contributed by atoms with Crippen molar-refractivity contribution in [2.75, 3.05) is 36.5 Å². The van der Waals surface area contributed by atoms with Gasteiger partial charge >= 0.3 is 0 Å². The highest BCUT2D eigenvalue weighted by Gasteiger charge is 2.10. The van der Waals surface area contributed by atoms with E-state index in [-0.39, 0.29) is 5.82 Å². The zero-order chi connectivity index (χ0) is 16.8. The topological polar surface area (TPSA) is 36.5 Å². The summed E-state index contributed by atoms with van der Waals surface area (Å²) in [5.74, 6) is -0.323. The molecule has 24 heavy (non-hydrogen) atoms. The molecule has 0 aliphatic carbocycles. The number of ether oxygens (including phenoxy) is 1. The molecule has 1 aliphatic rings. The van der Waals surface area contributed by atoms with Gasteiger partial charge < -0.3 is 20.3 Å². The van der Waals surface area contributed by atoms with Crippen molar-refractivity contribution in [3.05, 3.63) is 59.9 Å². The lowest BCUT2D eigenvalue weighted by molar-refractivity contribution is 0.122. The average Bonchev–Trinajstić information content (AvgIpc) is 2.63. The molecule has 2 aromatic rings. The highest BCUT2D eigenvalue weighted by Crippen LogP contribution is 2.17. The number of halogens is 1. The predicted molar refractivity (Wildman–Crippen MR) is 98.9 cm³/mol. The molecule has 0 amide bonds. The van der Waals surface area contributed by atoms with Gasteiger partial charge in [-0.1, -0.05) is 24.3 Å². The first-order chi connectivity index (χ1) is 11.7. The summed E-state index contributed by atoms with van der Waals surface area (Å²) in [5, 5.41) is 6.36. The van der Waals surface area contributed by atoms with Crippen molar-refractivity contribution in [2.45, 2.75) is 6.54 Å². The van der Waals surface area contributed by atoms with Crippen molar-refractivity contribution in [1.29, 1.82) is 0 Å².